The molecular formula is C8H10N2O3. The van der Waals surface area contributed by atoms with Gasteiger partial charge in [-0.25, -0.2) is 0 Å². The first-order valence-corrected chi connectivity index (χ1v) is 4.19. The topological polar surface area (TPSA) is 68.3 Å². The van der Waals surface area contributed by atoms with Crippen LogP contribution >= 0.6 is 0 Å². The van der Waals surface area contributed by atoms with Crippen molar-refractivity contribution in [1.29, 1.82) is 0 Å². The highest BCUT2D eigenvalue weighted by atomic mass is 16.6. The van der Waals surface area contributed by atoms with Gasteiger partial charge in [0.1, 0.15) is 10.7 Å². The van der Waals surface area contributed by atoms with Crippen molar-refractivity contribution in [2.75, 3.05) is 13.1 Å². The third-order valence-electron chi connectivity index (χ3n) is 2.18. The number of nitro groups is 1. The van der Waals surface area contributed by atoms with Gasteiger partial charge in [0.15, 0.2) is 0 Å². The van der Waals surface area contributed by atoms with E-state index in [1.807, 2.05) is 0 Å². The van der Waals surface area contributed by atoms with Crippen LogP contribution in [-0.2, 0) is 6.42 Å². The van der Waals surface area contributed by atoms with Crippen molar-refractivity contribution in [1.82, 2.24) is 5.32 Å². The fraction of sp³-hybridized carbons (Fsp3) is 0.500. The van der Waals surface area contributed by atoms with E-state index in [1.165, 1.54) is 6.07 Å². The fourth-order valence-corrected chi connectivity index (χ4v) is 1.35. The monoisotopic (exact) mass is 182 g/mol. The first-order chi connectivity index (χ1) is 6.25. The molecule has 0 radical (unpaired) electrons. The molecule has 0 aromatic carbocycles. The molecule has 1 aliphatic heterocycles. The Hall–Kier alpha value is -1.36. The van der Waals surface area contributed by atoms with Gasteiger partial charge < -0.3 is 9.73 Å². The van der Waals surface area contributed by atoms with Crippen LogP contribution < -0.4 is 5.32 Å². The quantitative estimate of drug-likeness (QED) is 0.558. The molecular weight excluding hydrogens is 172 g/mol. The molecule has 1 saturated heterocycles. The summed E-state index contributed by atoms with van der Waals surface area (Å²) < 4.78 is 5.02. The van der Waals surface area contributed by atoms with E-state index in [1.54, 1.807) is 6.07 Å². The van der Waals surface area contributed by atoms with Gasteiger partial charge in [0.05, 0.1) is 6.07 Å². The fourth-order valence-electron chi connectivity index (χ4n) is 1.35. The SMILES string of the molecule is O=[N+]([O-])c1ccc(CC2CNC2)o1. The van der Waals surface area contributed by atoms with E-state index in [0.717, 1.165) is 19.5 Å². The van der Waals surface area contributed by atoms with Crippen LogP contribution in [0.2, 0.25) is 0 Å². The van der Waals surface area contributed by atoms with Crippen LogP contribution in [0.25, 0.3) is 0 Å². The molecule has 1 fully saturated rings. The van der Waals surface area contributed by atoms with Crippen molar-refractivity contribution < 1.29 is 9.34 Å². The summed E-state index contributed by atoms with van der Waals surface area (Å²) in [5.41, 5.74) is 0. The van der Waals surface area contributed by atoms with E-state index in [-0.39, 0.29) is 5.88 Å². The zero-order valence-corrected chi connectivity index (χ0v) is 7.03. The molecule has 1 aromatic heterocycles. The maximum atomic E-state index is 10.3. The predicted octanol–water partition coefficient (Wildman–Crippen LogP) is 0.950. The van der Waals surface area contributed by atoms with E-state index < -0.39 is 4.92 Å². The van der Waals surface area contributed by atoms with Crippen LogP contribution in [0, 0.1) is 16.0 Å². The molecule has 13 heavy (non-hydrogen) atoms. The molecule has 1 aliphatic rings. The summed E-state index contributed by atoms with van der Waals surface area (Å²) in [4.78, 5) is 9.77. The molecule has 0 amide bonds. The molecule has 0 aliphatic carbocycles. The number of hydrogen-bond acceptors (Lipinski definition) is 4. The number of nitrogens with zero attached hydrogens (tertiary/aromatic N) is 1. The Labute approximate surface area is 74.9 Å². The van der Waals surface area contributed by atoms with Gasteiger partial charge in [-0.2, -0.15) is 0 Å². The smallest absolute Gasteiger partial charge is 0.406 e. The molecule has 1 N–H and O–H groups in total. The largest absolute Gasteiger partial charge is 0.433 e. The van der Waals surface area contributed by atoms with Gasteiger partial charge in [0, 0.05) is 6.42 Å². The number of furan rings is 1. The van der Waals surface area contributed by atoms with Gasteiger partial charge in [-0.3, -0.25) is 10.1 Å². The molecule has 0 bridgehead atoms. The van der Waals surface area contributed by atoms with Crippen molar-refractivity contribution >= 4 is 5.88 Å². The number of nitrogens with one attached hydrogen (secondary N) is 1. The maximum Gasteiger partial charge on any atom is 0.433 e. The van der Waals surface area contributed by atoms with Gasteiger partial charge in [-0.05, 0) is 25.1 Å². The Morgan fingerprint density at radius 1 is 1.62 bits per heavy atom. The molecule has 0 saturated carbocycles. The second kappa shape index (κ2) is 3.18. The minimum Gasteiger partial charge on any atom is -0.406 e. The molecule has 2 rings (SSSR count). The Morgan fingerprint density at radius 2 is 2.38 bits per heavy atom. The minimum atomic E-state index is -0.511. The van der Waals surface area contributed by atoms with E-state index in [2.05, 4.69) is 5.32 Å². The Kier molecular flexibility index (Phi) is 2.02. The van der Waals surface area contributed by atoms with E-state index in [9.17, 15) is 10.1 Å². The van der Waals surface area contributed by atoms with Gasteiger partial charge in [-0.1, -0.05) is 0 Å². The highest BCUT2D eigenvalue weighted by Gasteiger charge is 2.20. The summed E-state index contributed by atoms with van der Waals surface area (Å²) in [5.74, 6) is 1.12. The third-order valence-corrected chi connectivity index (χ3v) is 2.18. The van der Waals surface area contributed by atoms with Gasteiger partial charge in [0.25, 0.3) is 0 Å². The summed E-state index contributed by atoms with van der Waals surface area (Å²) in [6.45, 7) is 1.96. The lowest BCUT2D eigenvalue weighted by Crippen LogP contribution is -2.42. The van der Waals surface area contributed by atoms with Crippen LogP contribution in [0.1, 0.15) is 5.76 Å². The van der Waals surface area contributed by atoms with Crippen LogP contribution in [0.3, 0.4) is 0 Å². The summed E-state index contributed by atoms with van der Waals surface area (Å²) >= 11 is 0. The van der Waals surface area contributed by atoms with E-state index in [0.29, 0.717) is 11.7 Å². The zero-order chi connectivity index (χ0) is 9.26. The normalized spacial score (nSPS) is 16.9. The number of rotatable bonds is 3. The Balaban J connectivity index is 2.00. The van der Waals surface area contributed by atoms with Crippen LogP contribution in [0.5, 0.6) is 0 Å². The Morgan fingerprint density at radius 3 is 2.85 bits per heavy atom. The molecule has 1 aromatic rings. The predicted molar refractivity (Wildman–Crippen MR) is 45.4 cm³/mol. The average molecular weight is 182 g/mol. The first kappa shape index (κ1) is 8.25. The molecule has 5 heteroatoms. The second-order valence-corrected chi connectivity index (χ2v) is 3.23. The Bertz CT molecular complexity index is 317. The standard InChI is InChI=1S/C8H10N2O3/c11-10(12)8-2-1-7(13-8)3-6-4-9-5-6/h1-2,6,9H,3-5H2. The molecule has 5 nitrogen and oxygen atoms in total. The highest BCUT2D eigenvalue weighted by molar-refractivity contribution is 5.18. The van der Waals surface area contributed by atoms with Crippen LogP contribution in [0.4, 0.5) is 5.88 Å². The molecule has 0 unspecified atom stereocenters. The van der Waals surface area contributed by atoms with E-state index in [4.69, 9.17) is 4.42 Å². The van der Waals surface area contributed by atoms with Crippen LogP contribution in [-0.4, -0.2) is 18.0 Å². The summed E-state index contributed by atoms with van der Waals surface area (Å²) in [6, 6.07) is 3.08. The third kappa shape index (κ3) is 1.70. The summed E-state index contributed by atoms with van der Waals surface area (Å²) in [7, 11) is 0. The van der Waals surface area contributed by atoms with Gasteiger partial charge in [-0.15, -0.1) is 0 Å². The molecule has 0 spiro atoms. The van der Waals surface area contributed by atoms with Crippen molar-refractivity contribution in [3.8, 4) is 0 Å². The van der Waals surface area contributed by atoms with Gasteiger partial charge in [0.2, 0.25) is 0 Å². The van der Waals surface area contributed by atoms with E-state index >= 15 is 0 Å². The van der Waals surface area contributed by atoms with Gasteiger partial charge >= 0.3 is 5.88 Å². The maximum absolute atomic E-state index is 10.3. The zero-order valence-electron chi connectivity index (χ0n) is 7.03. The molecule has 70 valence electrons. The lowest BCUT2D eigenvalue weighted by molar-refractivity contribution is -0.402. The van der Waals surface area contributed by atoms with Crippen molar-refractivity contribution in [2.24, 2.45) is 5.92 Å². The van der Waals surface area contributed by atoms with Crippen molar-refractivity contribution in [3.63, 3.8) is 0 Å². The summed E-state index contributed by atoms with van der Waals surface area (Å²) in [5, 5.41) is 13.4. The minimum absolute atomic E-state index is 0.165. The summed E-state index contributed by atoms with van der Waals surface area (Å²) in [6.07, 6.45) is 0.792. The molecule has 0 atom stereocenters. The van der Waals surface area contributed by atoms with Crippen LogP contribution in [0.15, 0.2) is 16.5 Å². The second-order valence-electron chi connectivity index (χ2n) is 3.23. The lowest BCUT2D eigenvalue weighted by atomic mass is 9.98. The molecule has 2 heterocycles. The lowest BCUT2D eigenvalue weighted by Gasteiger charge is -2.25. The van der Waals surface area contributed by atoms with Crippen molar-refractivity contribution in [2.45, 2.75) is 6.42 Å². The highest BCUT2D eigenvalue weighted by Crippen LogP contribution is 2.19. The van der Waals surface area contributed by atoms with Crippen molar-refractivity contribution in [3.05, 3.63) is 28.0 Å². The first-order valence-electron chi connectivity index (χ1n) is 4.19. The number of hydrogen-bond donors (Lipinski definition) is 1. The average Bonchev–Trinajstić information content (AvgIpc) is 2.44.